The Labute approximate surface area is 109 Å². The number of piperazine rings is 1. The zero-order chi connectivity index (χ0) is 13.3. The van der Waals surface area contributed by atoms with Gasteiger partial charge in [-0.25, -0.2) is 8.42 Å². The van der Waals surface area contributed by atoms with E-state index in [2.05, 4.69) is 4.90 Å². The molecule has 1 fully saturated rings. The lowest BCUT2D eigenvalue weighted by molar-refractivity contribution is 0.170. The standard InChI is InChI=1S/C13H20N2O2S/c1-11-6-4-5-7-13(11)18(16,17)15-9-8-14(3)10-12(15)2/h4-7,12H,8-10H2,1-3H3. The molecule has 4 nitrogen and oxygen atoms in total. The molecule has 2 rings (SSSR count). The summed E-state index contributed by atoms with van der Waals surface area (Å²) in [6.07, 6.45) is 0. The smallest absolute Gasteiger partial charge is 0.243 e. The fourth-order valence-corrected chi connectivity index (χ4v) is 4.29. The van der Waals surface area contributed by atoms with E-state index in [0.29, 0.717) is 11.4 Å². The van der Waals surface area contributed by atoms with Crippen LogP contribution in [0.1, 0.15) is 12.5 Å². The number of hydrogen-bond donors (Lipinski definition) is 0. The van der Waals surface area contributed by atoms with Crippen LogP contribution in [0.25, 0.3) is 0 Å². The van der Waals surface area contributed by atoms with Crippen molar-refractivity contribution in [2.75, 3.05) is 26.7 Å². The molecule has 0 N–H and O–H groups in total. The third-order valence-electron chi connectivity index (χ3n) is 3.45. The fourth-order valence-electron chi connectivity index (χ4n) is 2.45. The van der Waals surface area contributed by atoms with Crippen molar-refractivity contribution in [2.45, 2.75) is 24.8 Å². The van der Waals surface area contributed by atoms with E-state index in [9.17, 15) is 8.42 Å². The molecule has 1 saturated heterocycles. The fraction of sp³-hybridized carbons (Fsp3) is 0.538. The van der Waals surface area contributed by atoms with E-state index in [1.54, 1.807) is 16.4 Å². The first-order valence-corrected chi connectivity index (χ1v) is 7.63. The molecule has 1 unspecified atom stereocenters. The molecule has 1 aliphatic rings. The average Bonchev–Trinajstić information content (AvgIpc) is 2.28. The van der Waals surface area contributed by atoms with Crippen molar-refractivity contribution >= 4 is 10.0 Å². The van der Waals surface area contributed by atoms with Crippen LogP contribution in [0.2, 0.25) is 0 Å². The molecule has 1 atom stereocenters. The molecular weight excluding hydrogens is 248 g/mol. The highest BCUT2D eigenvalue weighted by Crippen LogP contribution is 2.23. The van der Waals surface area contributed by atoms with Crippen LogP contribution < -0.4 is 0 Å². The summed E-state index contributed by atoms with van der Waals surface area (Å²) in [5.74, 6) is 0. The van der Waals surface area contributed by atoms with Crippen molar-refractivity contribution < 1.29 is 8.42 Å². The van der Waals surface area contributed by atoms with Crippen molar-refractivity contribution in [3.63, 3.8) is 0 Å². The Morgan fingerprint density at radius 3 is 2.50 bits per heavy atom. The second-order valence-corrected chi connectivity index (χ2v) is 6.85. The summed E-state index contributed by atoms with van der Waals surface area (Å²) in [5.41, 5.74) is 0.809. The van der Waals surface area contributed by atoms with E-state index in [1.807, 2.05) is 33.0 Å². The summed E-state index contributed by atoms with van der Waals surface area (Å²) in [6.45, 7) is 5.94. The monoisotopic (exact) mass is 268 g/mol. The molecule has 1 heterocycles. The van der Waals surface area contributed by atoms with E-state index < -0.39 is 10.0 Å². The highest BCUT2D eigenvalue weighted by Gasteiger charge is 2.33. The minimum absolute atomic E-state index is 0.0216. The number of rotatable bonds is 2. The summed E-state index contributed by atoms with van der Waals surface area (Å²) in [4.78, 5) is 2.59. The van der Waals surface area contributed by atoms with Crippen molar-refractivity contribution in [1.29, 1.82) is 0 Å². The van der Waals surface area contributed by atoms with Gasteiger partial charge in [-0.2, -0.15) is 4.31 Å². The van der Waals surface area contributed by atoms with Gasteiger partial charge in [0.2, 0.25) is 10.0 Å². The lowest BCUT2D eigenvalue weighted by atomic mass is 10.2. The Bertz CT molecular complexity index is 528. The van der Waals surface area contributed by atoms with Crippen LogP contribution >= 0.6 is 0 Å². The number of sulfonamides is 1. The van der Waals surface area contributed by atoms with Crippen molar-refractivity contribution in [3.05, 3.63) is 29.8 Å². The molecule has 5 heteroatoms. The summed E-state index contributed by atoms with van der Waals surface area (Å²) < 4.78 is 26.9. The largest absolute Gasteiger partial charge is 0.303 e. The van der Waals surface area contributed by atoms with Crippen LogP contribution in [0.15, 0.2) is 29.2 Å². The molecule has 0 bridgehead atoms. The third kappa shape index (κ3) is 2.43. The van der Waals surface area contributed by atoms with E-state index in [4.69, 9.17) is 0 Å². The Morgan fingerprint density at radius 1 is 1.22 bits per heavy atom. The average molecular weight is 268 g/mol. The van der Waals surface area contributed by atoms with Gasteiger partial charge in [0, 0.05) is 25.7 Å². The summed E-state index contributed by atoms with van der Waals surface area (Å²) in [5, 5.41) is 0. The molecule has 1 aromatic carbocycles. The van der Waals surface area contributed by atoms with E-state index in [-0.39, 0.29) is 6.04 Å². The van der Waals surface area contributed by atoms with Crippen LogP contribution in [0, 0.1) is 6.92 Å². The first-order valence-electron chi connectivity index (χ1n) is 6.19. The molecule has 0 radical (unpaired) electrons. The van der Waals surface area contributed by atoms with Gasteiger partial charge in [-0.05, 0) is 32.5 Å². The molecule has 0 spiro atoms. The van der Waals surface area contributed by atoms with Crippen molar-refractivity contribution in [2.24, 2.45) is 0 Å². The van der Waals surface area contributed by atoms with Gasteiger partial charge in [-0.1, -0.05) is 18.2 Å². The molecule has 1 aromatic rings. The van der Waals surface area contributed by atoms with Gasteiger partial charge >= 0.3 is 0 Å². The first kappa shape index (κ1) is 13.5. The van der Waals surface area contributed by atoms with Crippen LogP contribution in [0.3, 0.4) is 0 Å². The maximum atomic E-state index is 12.6. The van der Waals surface area contributed by atoms with Gasteiger partial charge in [0.15, 0.2) is 0 Å². The molecular formula is C13H20N2O2S. The molecule has 0 amide bonds. The normalized spacial score (nSPS) is 23.2. The van der Waals surface area contributed by atoms with Crippen molar-refractivity contribution in [3.8, 4) is 0 Å². The highest BCUT2D eigenvalue weighted by molar-refractivity contribution is 7.89. The first-order chi connectivity index (χ1) is 8.43. The minimum Gasteiger partial charge on any atom is -0.303 e. The summed E-state index contributed by atoms with van der Waals surface area (Å²) in [7, 11) is -1.34. The summed E-state index contributed by atoms with van der Waals surface area (Å²) >= 11 is 0. The number of nitrogens with zero attached hydrogens (tertiary/aromatic N) is 2. The van der Waals surface area contributed by atoms with E-state index >= 15 is 0 Å². The van der Waals surface area contributed by atoms with E-state index in [1.165, 1.54) is 0 Å². The van der Waals surface area contributed by atoms with Crippen LogP contribution in [0.5, 0.6) is 0 Å². The molecule has 0 saturated carbocycles. The number of likely N-dealkylation sites (N-methyl/N-ethyl adjacent to an activating group) is 1. The quantitative estimate of drug-likeness (QED) is 0.812. The molecule has 100 valence electrons. The van der Waals surface area contributed by atoms with Gasteiger partial charge in [0.25, 0.3) is 0 Å². The Kier molecular flexibility index (Phi) is 3.75. The Balaban J connectivity index is 2.35. The SMILES string of the molecule is Cc1ccccc1S(=O)(=O)N1CCN(C)CC1C. The van der Waals surface area contributed by atoms with Crippen LogP contribution in [0.4, 0.5) is 0 Å². The highest BCUT2D eigenvalue weighted by atomic mass is 32.2. The van der Waals surface area contributed by atoms with Crippen LogP contribution in [-0.2, 0) is 10.0 Å². The minimum atomic E-state index is -3.36. The van der Waals surface area contributed by atoms with Crippen LogP contribution in [-0.4, -0.2) is 50.3 Å². The molecule has 1 aliphatic heterocycles. The van der Waals surface area contributed by atoms with Gasteiger partial charge < -0.3 is 4.90 Å². The van der Waals surface area contributed by atoms with Crippen molar-refractivity contribution in [1.82, 2.24) is 9.21 Å². The predicted molar refractivity (Wildman–Crippen MR) is 72.0 cm³/mol. The molecule has 18 heavy (non-hydrogen) atoms. The summed E-state index contributed by atoms with van der Waals surface area (Å²) in [6, 6.07) is 7.19. The second-order valence-electron chi connectivity index (χ2n) is 4.99. The lowest BCUT2D eigenvalue weighted by Gasteiger charge is -2.37. The maximum absolute atomic E-state index is 12.6. The van der Waals surface area contributed by atoms with E-state index in [0.717, 1.165) is 18.7 Å². The number of hydrogen-bond acceptors (Lipinski definition) is 3. The zero-order valence-electron chi connectivity index (χ0n) is 11.1. The maximum Gasteiger partial charge on any atom is 0.243 e. The zero-order valence-corrected chi connectivity index (χ0v) is 11.9. The number of benzene rings is 1. The van der Waals surface area contributed by atoms with Gasteiger partial charge in [0.05, 0.1) is 4.90 Å². The van der Waals surface area contributed by atoms with Gasteiger partial charge in [0.1, 0.15) is 0 Å². The second kappa shape index (κ2) is 4.99. The predicted octanol–water partition coefficient (Wildman–Crippen LogP) is 1.32. The topological polar surface area (TPSA) is 40.6 Å². The van der Waals surface area contributed by atoms with Gasteiger partial charge in [-0.3, -0.25) is 0 Å². The number of aryl methyl sites for hydroxylation is 1. The molecule has 0 aromatic heterocycles. The van der Waals surface area contributed by atoms with Gasteiger partial charge in [-0.15, -0.1) is 0 Å². The molecule has 0 aliphatic carbocycles. The Morgan fingerprint density at radius 2 is 1.89 bits per heavy atom. The third-order valence-corrected chi connectivity index (χ3v) is 5.62. The lowest BCUT2D eigenvalue weighted by Crippen LogP contribution is -2.52. The Hall–Kier alpha value is -0.910.